The van der Waals surface area contributed by atoms with Crippen LogP contribution in [0.4, 0.5) is 0 Å². The highest BCUT2D eigenvalue weighted by Gasteiger charge is 2.45. The van der Waals surface area contributed by atoms with Crippen LogP contribution in [0.2, 0.25) is 0 Å². The van der Waals surface area contributed by atoms with Gasteiger partial charge in [-0.05, 0) is 95.1 Å². The summed E-state index contributed by atoms with van der Waals surface area (Å²) in [7, 11) is 0. The normalized spacial score (nSPS) is 27.4. The Bertz CT molecular complexity index is 968. The van der Waals surface area contributed by atoms with Crippen LogP contribution in [-0.4, -0.2) is 31.4 Å². The molecule has 0 amide bonds. The molecule has 4 rings (SSSR count). The van der Waals surface area contributed by atoms with Crippen LogP contribution in [0.5, 0.6) is 0 Å². The summed E-state index contributed by atoms with van der Waals surface area (Å²) >= 11 is 0. The molecule has 1 aromatic rings. The third-order valence-corrected chi connectivity index (χ3v) is 8.64. The van der Waals surface area contributed by atoms with Gasteiger partial charge in [-0.2, -0.15) is 0 Å². The lowest BCUT2D eigenvalue weighted by atomic mass is 9.88. The van der Waals surface area contributed by atoms with Gasteiger partial charge in [0.05, 0.1) is 12.7 Å². The van der Waals surface area contributed by atoms with E-state index in [1.165, 1.54) is 36.8 Å². The van der Waals surface area contributed by atoms with Gasteiger partial charge < -0.3 is 14.2 Å². The molecular formula is C35H50O4. The Morgan fingerprint density at radius 2 is 1.97 bits per heavy atom. The van der Waals surface area contributed by atoms with Crippen LogP contribution in [0.25, 0.3) is 0 Å². The molecule has 1 aliphatic heterocycles. The number of hydrogen-bond acceptors (Lipinski definition) is 4. The molecule has 3 aliphatic rings. The molecule has 214 valence electrons. The van der Waals surface area contributed by atoms with Crippen LogP contribution in [-0.2, 0) is 25.6 Å². The first-order chi connectivity index (χ1) is 19.0. The standard InChI is InChI=1S/C35H50O4/c1-26(2)16-17-27(3)33(36)19-18-31-32-23-29(14-8-5-10-20-37-25-28-12-6-4-7-13-28)22-30(32)24-34(31)39-35-15-9-11-21-38-35/h4,6-7,12-13,16,18-19,22,27,30-32,34-35H,5,8-11,14-15,17,20-21,23-25H2,1-3H3/t27?,30-,31-,32-,34-,35?/m1/s1. The van der Waals surface area contributed by atoms with Crippen molar-refractivity contribution in [2.75, 3.05) is 13.2 Å². The molecule has 0 N–H and O–H groups in total. The largest absolute Gasteiger partial charge is 0.377 e. The van der Waals surface area contributed by atoms with Crippen molar-refractivity contribution in [2.45, 2.75) is 104 Å². The van der Waals surface area contributed by atoms with Crippen molar-refractivity contribution in [3.8, 4) is 0 Å². The summed E-state index contributed by atoms with van der Waals surface area (Å²) in [6, 6.07) is 10.4. The first kappa shape index (κ1) is 30.0. The highest BCUT2D eigenvalue weighted by molar-refractivity contribution is 5.91. The van der Waals surface area contributed by atoms with Gasteiger partial charge in [0.1, 0.15) is 0 Å². The number of hydrogen-bond donors (Lipinski definition) is 0. The van der Waals surface area contributed by atoms with E-state index in [1.807, 2.05) is 19.1 Å². The van der Waals surface area contributed by atoms with Gasteiger partial charge in [0.15, 0.2) is 12.1 Å². The van der Waals surface area contributed by atoms with Gasteiger partial charge in [-0.3, -0.25) is 4.79 Å². The van der Waals surface area contributed by atoms with E-state index in [4.69, 9.17) is 14.2 Å². The molecule has 2 aliphatic carbocycles. The first-order valence-electron chi connectivity index (χ1n) is 15.4. The average Bonchev–Trinajstić information content (AvgIpc) is 3.48. The second-order valence-corrected chi connectivity index (χ2v) is 12.2. The lowest BCUT2D eigenvalue weighted by Gasteiger charge is -2.29. The van der Waals surface area contributed by atoms with Gasteiger partial charge in [0.2, 0.25) is 0 Å². The summed E-state index contributed by atoms with van der Waals surface area (Å²) in [5.41, 5.74) is 4.11. The topological polar surface area (TPSA) is 44.8 Å². The Balaban J connectivity index is 1.25. The lowest BCUT2D eigenvalue weighted by molar-refractivity contribution is -0.192. The van der Waals surface area contributed by atoms with E-state index in [9.17, 15) is 4.79 Å². The Kier molecular flexibility index (Phi) is 12.1. The first-order valence-corrected chi connectivity index (χ1v) is 15.4. The quantitative estimate of drug-likeness (QED) is 0.129. The minimum Gasteiger partial charge on any atom is -0.377 e. The van der Waals surface area contributed by atoms with Crippen molar-refractivity contribution in [3.63, 3.8) is 0 Å². The van der Waals surface area contributed by atoms with Crippen LogP contribution in [0.3, 0.4) is 0 Å². The molecule has 0 radical (unpaired) electrons. The SMILES string of the molecule is CC(C)=CCC(C)C(=O)C=C[C@@H]1[C@@H]2CC(CCCCCOCc3ccccc3)=C[C@@H]2C[C@H]1OC1CCCCO1. The lowest BCUT2D eigenvalue weighted by Crippen LogP contribution is -2.30. The summed E-state index contributed by atoms with van der Waals surface area (Å²) in [6.07, 6.45) is 19.8. The van der Waals surface area contributed by atoms with E-state index < -0.39 is 0 Å². The fourth-order valence-corrected chi connectivity index (χ4v) is 6.32. The number of allylic oxidation sites excluding steroid dienone is 5. The number of fused-ring (bicyclic) bond motifs is 1. The zero-order valence-corrected chi connectivity index (χ0v) is 24.5. The second kappa shape index (κ2) is 15.7. The molecule has 1 saturated carbocycles. The van der Waals surface area contributed by atoms with Gasteiger partial charge in [0, 0.05) is 25.0 Å². The third-order valence-electron chi connectivity index (χ3n) is 8.64. The van der Waals surface area contributed by atoms with Crippen molar-refractivity contribution in [2.24, 2.45) is 23.7 Å². The Labute approximate surface area is 236 Å². The zero-order chi connectivity index (χ0) is 27.5. The molecule has 0 bridgehead atoms. The van der Waals surface area contributed by atoms with E-state index >= 15 is 0 Å². The van der Waals surface area contributed by atoms with Crippen LogP contribution in [0.15, 0.2) is 65.8 Å². The smallest absolute Gasteiger partial charge is 0.158 e. The average molecular weight is 535 g/mol. The van der Waals surface area contributed by atoms with Gasteiger partial charge in [-0.15, -0.1) is 0 Å². The third kappa shape index (κ3) is 9.55. The van der Waals surface area contributed by atoms with Gasteiger partial charge in [-0.25, -0.2) is 0 Å². The van der Waals surface area contributed by atoms with Crippen molar-refractivity contribution >= 4 is 5.78 Å². The van der Waals surface area contributed by atoms with Crippen molar-refractivity contribution in [1.29, 1.82) is 0 Å². The monoisotopic (exact) mass is 534 g/mol. The number of ether oxygens (including phenoxy) is 3. The van der Waals surface area contributed by atoms with Crippen molar-refractivity contribution < 1.29 is 19.0 Å². The molecule has 1 saturated heterocycles. The molecule has 39 heavy (non-hydrogen) atoms. The predicted octanol–water partition coefficient (Wildman–Crippen LogP) is 8.38. The fraction of sp³-hybridized carbons (Fsp3) is 0.629. The second-order valence-electron chi connectivity index (χ2n) is 12.2. The fourth-order valence-electron chi connectivity index (χ4n) is 6.32. The Hall–Kier alpha value is -2.01. The summed E-state index contributed by atoms with van der Waals surface area (Å²) in [6.45, 7) is 8.54. The molecule has 6 atom stereocenters. The van der Waals surface area contributed by atoms with Crippen LogP contribution in [0, 0.1) is 23.7 Å². The van der Waals surface area contributed by atoms with Crippen LogP contribution < -0.4 is 0 Å². The maximum atomic E-state index is 12.9. The van der Waals surface area contributed by atoms with Crippen molar-refractivity contribution in [3.05, 3.63) is 71.3 Å². The van der Waals surface area contributed by atoms with Crippen molar-refractivity contribution in [1.82, 2.24) is 0 Å². The zero-order valence-electron chi connectivity index (χ0n) is 24.5. The molecule has 4 heteroatoms. The number of unbranched alkanes of at least 4 members (excludes halogenated alkanes) is 2. The molecule has 2 fully saturated rings. The number of carbonyl (C=O) groups excluding carboxylic acids is 1. The summed E-state index contributed by atoms with van der Waals surface area (Å²) in [5, 5.41) is 0. The highest BCUT2D eigenvalue weighted by Crippen LogP contribution is 2.49. The Morgan fingerprint density at radius 1 is 1.13 bits per heavy atom. The molecule has 1 heterocycles. The molecule has 4 nitrogen and oxygen atoms in total. The summed E-state index contributed by atoms with van der Waals surface area (Å²) < 4.78 is 18.3. The summed E-state index contributed by atoms with van der Waals surface area (Å²) in [4.78, 5) is 12.9. The van der Waals surface area contributed by atoms with E-state index in [-0.39, 0.29) is 30.0 Å². The van der Waals surface area contributed by atoms with Crippen LogP contribution in [0.1, 0.15) is 90.5 Å². The molecular weight excluding hydrogens is 484 g/mol. The van der Waals surface area contributed by atoms with E-state index in [0.29, 0.717) is 18.4 Å². The molecule has 0 aromatic heterocycles. The summed E-state index contributed by atoms with van der Waals surface area (Å²) in [5.74, 6) is 1.61. The molecule has 0 spiro atoms. The van der Waals surface area contributed by atoms with Gasteiger partial charge >= 0.3 is 0 Å². The maximum Gasteiger partial charge on any atom is 0.158 e. The number of carbonyl (C=O) groups is 1. The van der Waals surface area contributed by atoms with E-state index in [1.54, 1.807) is 5.57 Å². The number of ketones is 1. The van der Waals surface area contributed by atoms with Crippen LogP contribution >= 0.6 is 0 Å². The van der Waals surface area contributed by atoms with E-state index in [2.05, 4.69) is 56.3 Å². The van der Waals surface area contributed by atoms with Gasteiger partial charge in [-0.1, -0.05) is 73.1 Å². The molecule has 1 aromatic carbocycles. The van der Waals surface area contributed by atoms with Gasteiger partial charge in [0.25, 0.3) is 0 Å². The maximum absolute atomic E-state index is 12.9. The highest BCUT2D eigenvalue weighted by atomic mass is 16.7. The molecule has 2 unspecified atom stereocenters. The minimum atomic E-state index is -0.0849. The Morgan fingerprint density at radius 3 is 2.74 bits per heavy atom. The number of rotatable bonds is 15. The van der Waals surface area contributed by atoms with E-state index in [0.717, 1.165) is 51.7 Å². The predicted molar refractivity (Wildman–Crippen MR) is 158 cm³/mol. The number of benzene rings is 1. The minimum absolute atomic E-state index is 0.0170.